The Morgan fingerprint density at radius 2 is 2.12 bits per heavy atom. The molecule has 0 atom stereocenters. The predicted octanol–water partition coefficient (Wildman–Crippen LogP) is 3.27. The molecule has 0 aliphatic rings. The first-order valence-electron chi connectivity index (χ1n) is 5.44. The smallest absolute Gasteiger partial charge is 0.147 e. The Bertz CT molecular complexity index is 534. The third-order valence-corrected chi connectivity index (χ3v) is 3.07. The minimum Gasteiger partial charge on any atom is -0.485 e. The van der Waals surface area contributed by atoms with Gasteiger partial charge in [0.2, 0.25) is 0 Å². The molecule has 0 bridgehead atoms. The van der Waals surface area contributed by atoms with Gasteiger partial charge >= 0.3 is 0 Å². The minimum atomic E-state index is 0.424. The maximum Gasteiger partial charge on any atom is 0.147 e. The molecule has 0 N–H and O–H groups in total. The maximum absolute atomic E-state index is 5.91. The summed E-state index contributed by atoms with van der Waals surface area (Å²) in [6.45, 7) is 4.52. The second kappa shape index (κ2) is 4.80. The van der Waals surface area contributed by atoms with Gasteiger partial charge in [0.05, 0.1) is 6.20 Å². The molecule has 0 amide bonds. The summed E-state index contributed by atoms with van der Waals surface area (Å²) in [4.78, 5) is 4.18. The van der Waals surface area contributed by atoms with Gasteiger partial charge in [-0.25, -0.2) is 4.98 Å². The highest BCUT2D eigenvalue weighted by Gasteiger charge is 2.06. The van der Waals surface area contributed by atoms with Crippen LogP contribution >= 0.6 is 11.6 Å². The monoisotopic (exact) mass is 250 g/mol. The zero-order chi connectivity index (χ0) is 12.4. The molecule has 0 aliphatic carbocycles. The Kier molecular flexibility index (Phi) is 3.38. The van der Waals surface area contributed by atoms with Crippen LogP contribution in [0, 0.1) is 13.8 Å². The van der Waals surface area contributed by atoms with Crippen LogP contribution in [0.4, 0.5) is 0 Å². The first-order chi connectivity index (χ1) is 8.08. The van der Waals surface area contributed by atoms with Crippen LogP contribution in [-0.2, 0) is 13.7 Å². The average molecular weight is 251 g/mol. The van der Waals surface area contributed by atoms with E-state index >= 15 is 0 Å². The van der Waals surface area contributed by atoms with Crippen molar-refractivity contribution in [3.05, 3.63) is 46.5 Å². The zero-order valence-electron chi connectivity index (χ0n) is 10.2. The number of halogens is 1. The Morgan fingerprint density at radius 3 is 2.71 bits per heavy atom. The van der Waals surface area contributed by atoms with E-state index in [1.54, 1.807) is 6.20 Å². The number of ether oxygens (including phenoxy) is 1. The molecule has 17 heavy (non-hydrogen) atoms. The second-order valence-electron chi connectivity index (χ2n) is 4.11. The standard InChI is InChI=1S/C13H15ClN2O/c1-9-4-5-11(10(2)6-9)17-8-13-15-7-12(14)16(13)3/h4-7H,8H2,1-3H3. The molecule has 1 aromatic carbocycles. The summed E-state index contributed by atoms with van der Waals surface area (Å²) >= 11 is 5.91. The molecular formula is C13H15ClN2O. The molecular weight excluding hydrogens is 236 g/mol. The van der Waals surface area contributed by atoms with E-state index in [0.29, 0.717) is 11.8 Å². The summed E-state index contributed by atoms with van der Waals surface area (Å²) in [5, 5.41) is 0.615. The van der Waals surface area contributed by atoms with Gasteiger partial charge in [0.25, 0.3) is 0 Å². The third kappa shape index (κ3) is 2.61. The van der Waals surface area contributed by atoms with Gasteiger partial charge in [-0.2, -0.15) is 0 Å². The number of rotatable bonds is 3. The van der Waals surface area contributed by atoms with Crippen molar-refractivity contribution in [1.82, 2.24) is 9.55 Å². The quantitative estimate of drug-likeness (QED) is 0.836. The summed E-state index contributed by atoms with van der Waals surface area (Å²) < 4.78 is 7.54. The van der Waals surface area contributed by atoms with Gasteiger partial charge in [-0.3, -0.25) is 0 Å². The summed E-state index contributed by atoms with van der Waals surface area (Å²) in [5.74, 6) is 1.70. The van der Waals surface area contributed by atoms with Crippen molar-refractivity contribution >= 4 is 11.6 Å². The van der Waals surface area contributed by atoms with E-state index in [4.69, 9.17) is 16.3 Å². The summed E-state index contributed by atoms with van der Waals surface area (Å²) in [5.41, 5.74) is 2.36. The summed E-state index contributed by atoms with van der Waals surface area (Å²) in [6.07, 6.45) is 1.63. The van der Waals surface area contributed by atoms with Crippen LogP contribution in [0.25, 0.3) is 0 Å². The van der Waals surface area contributed by atoms with Crippen molar-refractivity contribution in [1.29, 1.82) is 0 Å². The van der Waals surface area contributed by atoms with E-state index in [1.807, 2.05) is 30.7 Å². The first-order valence-corrected chi connectivity index (χ1v) is 5.82. The number of imidazole rings is 1. The molecule has 0 unspecified atom stereocenters. The number of nitrogens with zero attached hydrogens (tertiary/aromatic N) is 2. The molecule has 4 heteroatoms. The highest BCUT2D eigenvalue weighted by atomic mass is 35.5. The molecule has 0 aliphatic heterocycles. The number of hydrogen-bond acceptors (Lipinski definition) is 2. The SMILES string of the molecule is Cc1ccc(OCc2ncc(Cl)n2C)c(C)c1. The lowest BCUT2D eigenvalue weighted by atomic mass is 10.1. The van der Waals surface area contributed by atoms with Crippen molar-refractivity contribution in [2.75, 3.05) is 0 Å². The predicted molar refractivity (Wildman–Crippen MR) is 68.5 cm³/mol. The van der Waals surface area contributed by atoms with Crippen molar-refractivity contribution in [2.45, 2.75) is 20.5 Å². The van der Waals surface area contributed by atoms with Gasteiger partial charge < -0.3 is 9.30 Å². The largest absolute Gasteiger partial charge is 0.485 e. The molecule has 0 spiro atoms. The number of aryl methyl sites for hydroxylation is 2. The molecule has 0 radical (unpaired) electrons. The lowest BCUT2D eigenvalue weighted by molar-refractivity contribution is 0.290. The lowest BCUT2D eigenvalue weighted by Gasteiger charge is -2.09. The van der Waals surface area contributed by atoms with Crippen LogP contribution in [-0.4, -0.2) is 9.55 Å². The normalized spacial score (nSPS) is 10.6. The number of hydrogen-bond donors (Lipinski definition) is 0. The van der Waals surface area contributed by atoms with Gasteiger partial charge in [-0.1, -0.05) is 29.3 Å². The van der Waals surface area contributed by atoms with E-state index in [0.717, 1.165) is 17.1 Å². The fourth-order valence-corrected chi connectivity index (χ4v) is 1.81. The lowest BCUT2D eigenvalue weighted by Crippen LogP contribution is -2.04. The Balaban J connectivity index is 2.10. The fourth-order valence-electron chi connectivity index (χ4n) is 1.66. The van der Waals surface area contributed by atoms with Gasteiger partial charge in [-0.15, -0.1) is 0 Å². The summed E-state index contributed by atoms with van der Waals surface area (Å²) in [7, 11) is 1.87. The molecule has 0 saturated carbocycles. The number of aromatic nitrogens is 2. The van der Waals surface area contributed by atoms with Crippen LogP contribution < -0.4 is 4.74 Å². The number of benzene rings is 1. The third-order valence-electron chi connectivity index (χ3n) is 2.71. The molecule has 1 heterocycles. The van der Waals surface area contributed by atoms with E-state index in [1.165, 1.54) is 5.56 Å². The van der Waals surface area contributed by atoms with E-state index in [-0.39, 0.29) is 0 Å². The van der Waals surface area contributed by atoms with Crippen molar-refractivity contribution < 1.29 is 4.74 Å². The maximum atomic E-state index is 5.91. The van der Waals surface area contributed by atoms with E-state index < -0.39 is 0 Å². The van der Waals surface area contributed by atoms with Crippen LogP contribution in [0.1, 0.15) is 17.0 Å². The van der Waals surface area contributed by atoms with Crippen LogP contribution in [0.5, 0.6) is 5.75 Å². The van der Waals surface area contributed by atoms with Crippen LogP contribution in [0.2, 0.25) is 5.15 Å². The Morgan fingerprint density at radius 1 is 1.35 bits per heavy atom. The van der Waals surface area contributed by atoms with Gasteiger partial charge in [-0.05, 0) is 25.5 Å². The van der Waals surface area contributed by atoms with E-state index in [2.05, 4.69) is 18.0 Å². The summed E-state index contributed by atoms with van der Waals surface area (Å²) in [6, 6.07) is 6.11. The average Bonchev–Trinajstić information content (AvgIpc) is 2.59. The minimum absolute atomic E-state index is 0.424. The second-order valence-corrected chi connectivity index (χ2v) is 4.50. The van der Waals surface area contributed by atoms with Crippen molar-refractivity contribution in [3.63, 3.8) is 0 Å². The van der Waals surface area contributed by atoms with E-state index in [9.17, 15) is 0 Å². The molecule has 0 saturated heterocycles. The molecule has 3 nitrogen and oxygen atoms in total. The highest BCUT2D eigenvalue weighted by Crippen LogP contribution is 2.20. The first kappa shape index (κ1) is 12.0. The molecule has 0 fully saturated rings. The molecule has 90 valence electrons. The van der Waals surface area contributed by atoms with Crippen LogP contribution in [0.15, 0.2) is 24.4 Å². The molecule has 1 aromatic heterocycles. The Labute approximate surface area is 106 Å². The van der Waals surface area contributed by atoms with Crippen molar-refractivity contribution in [2.24, 2.45) is 7.05 Å². The zero-order valence-corrected chi connectivity index (χ0v) is 11.0. The van der Waals surface area contributed by atoms with Crippen LogP contribution in [0.3, 0.4) is 0 Å². The van der Waals surface area contributed by atoms with Crippen molar-refractivity contribution in [3.8, 4) is 5.75 Å². The molecule has 2 rings (SSSR count). The highest BCUT2D eigenvalue weighted by molar-refractivity contribution is 6.29. The Hall–Kier alpha value is -1.48. The topological polar surface area (TPSA) is 27.1 Å². The molecule has 2 aromatic rings. The van der Waals surface area contributed by atoms with Gasteiger partial charge in [0.1, 0.15) is 23.3 Å². The fraction of sp³-hybridized carbons (Fsp3) is 0.308. The van der Waals surface area contributed by atoms with Gasteiger partial charge in [0.15, 0.2) is 0 Å². The van der Waals surface area contributed by atoms with Gasteiger partial charge in [0, 0.05) is 7.05 Å².